The molecule has 5 nitrogen and oxygen atoms in total. The molecule has 0 spiro atoms. The van der Waals surface area contributed by atoms with Crippen molar-refractivity contribution in [3.63, 3.8) is 0 Å². The zero-order valence-electron chi connectivity index (χ0n) is 9.81. The molecule has 1 rings (SSSR count). The molecular formula is C10H15BrClN3O2S. The second kappa shape index (κ2) is 8.47. The second-order valence-corrected chi connectivity index (χ2v) is 5.98. The van der Waals surface area contributed by atoms with Crippen LogP contribution in [0, 0.1) is 0 Å². The Hall–Kier alpha value is -0.630. The highest BCUT2D eigenvalue weighted by Crippen LogP contribution is 2.22. The molecule has 0 aromatic carbocycles. The van der Waals surface area contributed by atoms with E-state index in [0.717, 1.165) is 8.66 Å². The summed E-state index contributed by atoms with van der Waals surface area (Å²) < 4.78 is 1.03. The molecular weight excluding hydrogens is 342 g/mol. The molecule has 0 unspecified atom stereocenters. The zero-order chi connectivity index (χ0) is 12.8. The normalized spacial score (nSPS) is 9.50. The molecule has 0 atom stereocenters. The lowest BCUT2D eigenvalue weighted by Crippen LogP contribution is -2.39. The van der Waals surface area contributed by atoms with E-state index in [0.29, 0.717) is 6.54 Å². The molecule has 3 N–H and O–H groups in total. The quantitative estimate of drug-likeness (QED) is 0.825. The topological polar surface area (TPSA) is 75.4 Å². The highest BCUT2D eigenvalue weighted by Gasteiger charge is 2.11. The van der Waals surface area contributed by atoms with Gasteiger partial charge in [0.2, 0.25) is 11.8 Å². The molecule has 0 bridgehead atoms. The van der Waals surface area contributed by atoms with Gasteiger partial charge in [0, 0.05) is 11.9 Å². The number of nitrogens with zero attached hydrogens (tertiary/aromatic N) is 1. The molecule has 1 heterocycles. The summed E-state index contributed by atoms with van der Waals surface area (Å²) in [7, 11) is 1.70. The first-order valence-corrected chi connectivity index (χ1v) is 6.59. The lowest BCUT2D eigenvalue weighted by molar-refractivity contribution is -0.131. The van der Waals surface area contributed by atoms with Gasteiger partial charge in [0.05, 0.1) is 23.4 Å². The third-order valence-corrected chi connectivity index (χ3v) is 3.68. The summed E-state index contributed by atoms with van der Waals surface area (Å²) in [5.74, 6) is -0.470. The van der Waals surface area contributed by atoms with Crippen molar-refractivity contribution in [1.29, 1.82) is 0 Å². The second-order valence-electron chi connectivity index (χ2n) is 3.44. The van der Waals surface area contributed by atoms with Crippen molar-refractivity contribution in [2.24, 2.45) is 5.73 Å². The number of amides is 2. The standard InChI is InChI=1S/C10H14BrN3O2S.ClH/c1-14(6-7-2-3-8(11)17-7)10(16)5-13-9(15)4-12;/h2-3H,4-6,12H2,1H3,(H,13,15);1H. The highest BCUT2D eigenvalue weighted by molar-refractivity contribution is 9.11. The van der Waals surface area contributed by atoms with Crippen molar-refractivity contribution in [2.75, 3.05) is 20.1 Å². The summed E-state index contributed by atoms with van der Waals surface area (Å²) in [6.07, 6.45) is 0. The fourth-order valence-electron chi connectivity index (χ4n) is 1.14. The Balaban J connectivity index is 0.00000289. The van der Waals surface area contributed by atoms with Gasteiger partial charge in [0.15, 0.2) is 0 Å². The molecule has 0 aliphatic rings. The van der Waals surface area contributed by atoms with E-state index in [2.05, 4.69) is 21.2 Å². The Morgan fingerprint density at radius 3 is 2.67 bits per heavy atom. The first kappa shape index (κ1) is 17.4. The number of halogens is 2. The van der Waals surface area contributed by atoms with Gasteiger partial charge in [0.25, 0.3) is 0 Å². The Morgan fingerprint density at radius 1 is 1.50 bits per heavy atom. The number of nitrogens with two attached hydrogens (primary N) is 1. The van der Waals surface area contributed by atoms with Crippen molar-refractivity contribution in [1.82, 2.24) is 10.2 Å². The maximum absolute atomic E-state index is 11.6. The summed E-state index contributed by atoms with van der Waals surface area (Å²) in [5, 5.41) is 2.44. The number of nitrogens with one attached hydrogen (secondary N) is 1. The van der Waals surface area contributed by atoms with E-state index in [1.165, 1.54) is 0 Å². The summed E-state index contributed by atoms with van der Waals surface area (Å²) >= 11 is 4.94. The largest absolute Gasteiger partial charge is 0.346 e. The van der Waals surface area contributed by atoms with Crippen LogP contribution in [0.4, 0.5) is 0 Å². The lowest BCUT2D eigenvalue weighted by Gasteiger charge is -2.16. The van der Waals surface area contributed by atoms with E-state index in [1.54, 1.807) is 23.3 Å². The van der Waals surface area contributed by atoms with Gasteiger partial charge >= 0.3 is 0 Å². The molecule has 0 fully saturated rings. The molecule has 0 saturated carbocycles. The molecule has 0 aliphatic heterocycles. The Labute approximate surface area is 124 Å². The van der Waals surface area contributed by atoms with Gasteiger partial charge in [-0.05, 0) is 28.1 Å². The van der Waals surface area contributed by atoms with Gasteiger partial charge in [-0.1, -0.05) is 0 Å². The molecule has 1 aromatic rings. The van der Waals surface area contributed by atoms with Gasteiger partial charge < -0.3 is 16.0 Å². The number of carbonyl (C=O) groups is 2. The summed E-state index contributed by atoms with van der Waals surface area (Å²) in [6, 6.07) is 3.89. The number of rotatable bonds is 5. The molecule has 18 heavy (non-hydrogen) atoms. The number of thiophene rings is 1. The van der Waals surface area contributed by atoms with E-state index in [9.17, 15) is 9.59 Å². The maximum Gasteiger partial charge on any atom is 0.242 e. The van der Waals surface area contributed by atoms with Crippen LogP contribution in [0.2, 0.25) is 0 Å². The van der Waals surface area contributed by atoms with Crippen LogP contribution in [-0.4, -0.2) is 36.9 Å². The molecule has 1 aromatic heterocycles. The molecule has 102 valence electrons. The zero-order valence-corrected chi connectivity index (χ0v) is 13.0. The number of hydrogen-bond acceptors (Lipinski definition) is 4. The van der Waals surface area contributed by atoms with Gasteiger partial charge in [0.1, 0.15) is 0 Å². The molecule has 0 radical (unpaired) electrons. The number of likely N-dealkylation sites (N-methyl/N-ethyl adjacent to an activating group) is 1. The minimum atomic E-state index is -0.328. The first-order chi connectivity index (χ1) is 8.02. The van der Waals surface area contributed by atoms with Crippen molar-refractivity contribution in [3.05, 3.63) is 20.8 Å². The van der Waals surface area contributed by atoms with Gasteiger partial charge in [-0.15, -0.1) is 23.7 Å². The fourth-order valence-corrected chi connectivity index (χ4v) is 2.68. The molecule has 2 amide bonds. The molecule has 0 aliphatic carbocycles. The van der Waals surface area contributed by atoms with Crippen molar-refractivity contribution in [3.8, 4) is 0 Å². The SMILES string of the molecule is CN(Cc1ccc(Br)s1)C(=O)CNC(=O)CN.Cl. The minimum Gasteiger partial charge on any atom is -0.346 e. The third-order valence-electron chi connectivity index (χ3n) is 2.07. The van der Waals surface area contributed by atoms with Crippen LogP contribution in [-0.2, 0) is 16.1 Å². The van der Waals surface area contributed by atoms with Gasteiger partial charge in [-0.25, -0.2) is 0 Å². The summed E-state index contributed by atoms with van der Waals surface area (Å²) in [5.41, 5.74) is 5.12. The monoisotopic (exact) mass is 355 g/mol. The average Bonchev–Trinajstić information content (AvgIpc) is 2.70. The fraction of sp³-hybridized carbons (Fsp3) is 0.400. The summed E-state index contributed by atoms with van der Waals surface area (Å²) in [4.78, 5) is 25.2. The predicted octanol–water partition coefficient (Wildman–Crippen LogP) is 0.966. The van der Waals surface area contributed by atoms with E-state index < -0.39 is 0 Å². The maximum atomic E-state index is 11.6. The highest BCUT2D eigenvalue weighted by atomic mass is 79.9. The van der Waals surface area contributed by atoms with Crippen LogP contribution in [0.25, 0.3) is 0 Å². The van der Waals surface area contributed by atoms with Crippen molar-refractivity contribution in [2.45, 2.75) is 6.54 Å². The van der Waals surface area contributed by atoms with Crippen LogP contribution < -0.4 is 11.1 Å². The van der Waals surface area contributed by atoms with E-state index in [-0.39, 0.29) is 37.3 Å². The van der Waals surface area contributed by atoms with Crippen LogP contribution >= 0.6 is 39.7 Å². The van der Waals surface area contributed by atoms with Crippen molar-refractivity contribution < 1.29 is 9.59 Å². The van der Waals surface area contributed by atoms with Crippen LogP contribution in [0.3, 0.4) is 0 Å². The van der Waals surface area contributed by atoms with Crippen LogP contribution in [0.1, 0.15) is 4.88 Å². The van der Waals surface area contributed by atoms with Crippen LogP contribution in [0.15, 0.2) is 15.9 Å². The first-order valence-electron chi connectivity index (χ1n) is 4.98. The minimum absolute atomic E-state index is 0. The third kappa shape index (κ3) is 5.81. The van der Waals surface area contributed by atoms with Gasteiger partial charge in [-0.2, -0.15) is 0 Å². The average molecular weight is 357 g/mol. The van der Waals surface area contributed by atoms with E-state index >= 15 is 0 Å². The predicted molar refractivity (Wildman–Crippen MR) is 77.8 cm³/mol. The lowest BCUT2D eigenvalue weighted by atomic mass is 10.4. The molecule has 8 heteroatoms. The van der Waals surface area contributed by atoms with Crippen molar-refractivity contribution >= 4 is 51.5 Å². The Kier molecular flexibility index (Phi) is 8.17. The van der Waals surface area contributed by atoms with E-state index in [1.807, 2.05) is 12.1 Å². The van der Waals surface area contributed by atoms with Gasteiger partial charge in [-0.3, -0.25) is 9.59 Å². The Bertz CT molecular complexity index is 414. The molecule has 0 saturated heterocycles. The van der Waals surface area contributed by atoms with E-state index in [4.69, 9.17) is 5.73 Å². The Morgan fingerprint density at radius 2 is 2.17 bits per heavy atom. The smallest absolute Gasteiger partial charge is 0.242 e. The number of carbonyl (C=O) groups excluding carboxylic acids is 2. The van der Waals surface area contributed by atoms with Crippen LogP contribution in [0.5, 0.6) is 0 Å². The summed E-state index contributed by atoms with van der Waals surface area (Å²) in [6.45, 7) is 0.418. The number of hydrogen-bond donors (Lipinski definition) is 2.